The van der Waals surface area contributed by atoms with Gasteiger partial charge in [0.1, 0.15) is 5.75 Å². The van der Waals surface area contributed by atoms with Crippen molar-refractivity contribution in [2.75, 3.05) is 24.7 Å². The summed E-state index contributed by atoms with van der Waals surface area (Å²) >= 11 is 0. The molecular weight excluding hydrogens is 258 g/mol. The number of benzene rings is 2. The fraction of sp³-hybridized carbons (Fsp3) is 0.267. The maximum Gasteiger partial charge on any atom is 0.411 e. The van der Waals surface area contributed by atoms with Gasteiger partial charge in [0.05, 0.1) is 18.8 Å². The highest BCUT2D eigenvalue weighted by Crippen LogP contribution is 2.29. The Kier molecular flexibility index (Phi) is 4.42. The molecule has 0 saturated carbocycles. The largest absolute Gasteiger partial charge is 0.508 e. The Morgan fingerprint density at radius 2 is 2.10 bits per heavy atom. The van der Waals surface area contributed by atoms with Gasteiger partial charge in [-0.25, -0.2) is 4.79 Å². The minimum Gasteiger partial charge on any atom is -0.508 e. The molecule has 0 bridgehead atoms. The topological polar surface area (TPSA) is 70.0 Å². The Balaban J connectivity index is 2.42. The smallest absolute Gasteiger partial charge is 0.411 e. The first kappa shape index (κ1) is 14.1. The first-order chi connectivity index (χ1) is 9.63. The number of aromatic hydroxyl groups is 1. The van der Waals surface area contributed by atoms with E-state index in [1.165, 1.54) is 4.90 Å². The maximum atomic E-state index is 11.4. The van der Waals surface area contributed by atoms with E-state index in [-0.39, 0.29) is 12.3 Å². The van der Waals surface area contributed by atoms with Crippen LogP contribution in [0.1, 0.15) is 6.92 Å². The van der Waals surface area contributed by atoms with E-state index < -0.39 is 6.09 Å². The molecule has 106 valence electrons. The van der Waals surface area contributed by atoms with Crippen LogP contribution in [0.25, 0.3) is 10.8 Å². The molecule has 0 radical (unpaired) electrons. The standard InChI is InChI=1S/C15H17NO4/c1-2-20-9-8-16(15(18)19)14-5-3-4-11-6-7-12(17)10-13(11)14/h3-7,10,17H,2,8-9H2,1H3,(H,18,19). The zero-order chi connectivity index (χ0) is 14.5. The molecule has 20 heavy (non-hydrogen) atoms. The van der Waals surface area contributed by atoms with Crippen molar-refractivity contribution in [1.82, 2.24) is 0 Å². The van der Waals surface area contributed by atoms with Crippen LogP contribution in [0, 0.1) is 0 Å². The van der Waals surface area contributed by atoms with E-state index in [1.807, 2.05) is 13.0 Å². The van der Waals surface area contributed by atoms with Crippen molar-refractivity contribution in [1.29, 1.82) is 0 Å². The highest BCUT2D eigenvalue weighted by atomic mass is 16.5. The van der Waals surface area contributed by atoms with Gasteiger partial charge in [0, 0.05) is 12.0 Å². The van der Waals surface area contributed by atoms with Gasteiger partial charge in [0.15, 0.2) is 0 Å². The normalized spacial score (nSPS) is 10.7. The molecule has 2 N–H and O–H groups in total. The number of ether oxygens (including phenoxy) is 1. The predicted molar refractivity (Wildman–Crippen MR) is 77.5 cm³/mol. The molecule has 0 aromatic heterocycles. The zero-order valence-electron chi connectivity index (χ0n) is 11.2. The van der Waals surface area contributed by atoms with Gasteiger partial charge in [0.2, 0.25) is 0 Å². The van der Waals surface area contributed by atoms with Gasteiger partial charge >= 0.3 is 6.09 Å². The van der Waals surface area contributed by atoms with Crippen LogP contribution >= 0.6 is 0 Å². The van der Waals surface area contributed by atoms with Crippen LogP contribution in [0.3, 0.4) is 0 Å². The van der Waals surface area contributed by atoms with Gasteiger partial charge in [-0.1, -0.05) is 18.2 Å². The first-order valence-corrected chi connectivity index (χ1v) is 6.43. The molecule has 2 aromatic carbocycles. The molecule has 0 aliphatic heterocycles. The van der Waals surface area contributed by atoms with Gasteiger partial charge in [-0.05, 0) is 30.5 Å². The molecule has 0 aliphatic rings. The number of rotatable bonds is 5. The fourth-order valence-electron chi connectivity index (χ4n) is 2.10. The number of anilines is 1. The lowest BCUT2D eigenvalue weighted by atomic mass is 10.1. The molecule has 5 heteroatoms. The summed E-state index contributed by atoms with van der Waals surface area (Å²) < 4.78 is 5.22. The van der Waals surface area contributed by atoms with Crippen LogP contribution < -0.4 is 4.90 Å². The number of amides is 1. The van der Waals surface area contributed by atoms with E-state index in [1.54, 1.807) is 30.3 Å². The van der Waals surface area contributed by atoms with E-state index >= 15 is 0 Å². The van der Waals surface area contributed by atoms with E-state index in [4.69, 9.17) is 4.74 Å². The predicted octanol–water partition coefficient (Wildman–Crippen LogP) is 3.07. The summed E-state index contributed by atoms with van der Waals surface area (Å²) in [5, 5.41) is 20.5. The number of phenols is 1. The van der Waals surface area contributed by atoms with Crippen molar-refractivity contribution in [3.8, 4) is 5.75 Å². The van der Waals surface area contributed by atoms with Crippen LogP contribution in [0.4, 0.5) is 10.5 Å². The molecule has 0 spiro atoms. The third-order valence-corrected chi connectivity index (χ3v) is 3.03. The number of carbonyl (C=O) groups is 1. The molecule has 0 aliphatic carbocycles. The quantitative estimate of drug-likeness (QED) is 0.823. The molecule has 0 atom stereocenters. The zero-order valence-corrected chi connectivity index (χ0v) is 11.2. The summed E-state index contributed by atoms with van der Waals surface area (Å²) in [6.07, 6.45) is -1.04. The first-order valence-electron chi connectivity index (χ1n) is 6.43. The van der Waals surface area contributed by atoms with Gasteiger partial charge in [-0.2, -0.15) is 0 Å². The number of phenolic OH excluding ortho intramolecular Hbond substituents is 1. The van der Waals surface area contributed by atoms with Crippen molar-refractivity contribution in [3.05, 3.63) is 36.4 Å². The fourth-order valence-corrected chi connectivity index (χ4v) is 2.10. The summed E-state index contributed by atoms with van der Waals surface area (Å²) in [4.78, 5) is 12.7. The van der Waals surface area contributed by atoms with Crippen molar-refractivity contribution < 1.29 is 19.7 Å². The van der Waals surface area contributed by atoms with Crippen molar-refractivity contribution in [2.45, 2.75) is 6.92 Å². The van der Waals surface area contributed by atoms with Gasteiger partial charge in [-0.15, -0.1) is 0 Å². The van der Waals surface area contributed by atoms with Gasteiger partial charge in [0.25, 0.3) is 0 Å². The van der Waals surface area contributed by atoms with Crippen LogP contribution in [-0.4, -0.2) is 36.1 Å². The Morgan fingerprint density at radius 3 is 2.80 bits per heavy atom. The molecule has 0 saturated heterocycles. The van der Waals surface area contributed by atoms with Crippen LogP contribution in [0.5, 0.6) is 5.75 Å². The summed E-state index contributed by atoms with van der Waals surface area (Å²) in [5.41, 5.74) is 0.547. The second kappa shape index (κ2) is 6.25. The highest BCUT2D eigenvalue weighted by Gasteiger charge is 2.16. The third-order valence-electron chi connectivity index (χ3n) is 3.03. The van der Waals surface area contributed by atoms with Crippen molar-refractivity contribution >= 4 is 22.6 Å². The van der Waals surface area contributed by atoms with Crippen molar-refractivity contribution in [2.24, 2.45) is 0 Å². The Hall–Kier alpha value is -2.27. The number of nitrogens with zero attached hydrogens (tertiary/aromatic N) is 1. The maximum absolute atomic E-state index is 11.4. The van der Waals surface area contributed by atoms with Crippen LogP contribution in [0.15, 0.2) is 36.4 Å². The molecule has 2 aromatic rings. The highest BCUT2D eigenvalue weighted by molar-refractivity contribution is 6.01. The summed E-state index contributed by atoms with van der Waals surface area (Å²) in [5.74, 6) is 0.111. The number of hydrogen-bond acceptors (Lipinski definition) is 3. The van der Waals surface area contributed by atoms with E-state index in [0.29, 0.717) is 24.3 Å². The summed E-state index contributed by atoms with van der Waals surface area (Å²) in [6, 6.07) is 10.3. The number of carboxylic acid groups (broad SMARTS) is 1. The Labute approximate surface area is 117 Å². The monoisotopic (exact) mass is 275 g/mol. The minimum atomic E-state index is -1.04. The molecule has 2 rings (SSSR count). The Bertz CT molecular complexity index is 612. The van der Waals surface area contributed by atoms with E-state index in [0.717, 1.165) is 5.39 Å². The van der Waals surface area contributed by atoms with Crippen LogP contribution in [-0.2, 0) is 4.74 Å². The summed E-state index contributed by atoms with van der Waals surface area (Å²) in [6.45, 7) is 2.99. The van der Waals surface area contributed by atoms with Crippen molar-refractivity contribution in [3.63, 3.8) is 0 Å². The molecule has 0 heterocycles. The van der Waals surface area contributed by atoms with Crippen LogP contribution in [0.2, 0.25) is 0 Å². The second-order valence-corrected chi connectivity index (χ2v) is 4.31. The lowest BCUT2D eigenvalue weighted by Gasteiger charge is -2.21. The van der Waals surface area contributed by atoms with E-state index in [2.05, 4.69) is 0 Å². The molecule has 1 amide bonds. The molecule has 5 nitrogen and oxygen atoms in total. The minimum absolute atomic E-state index is 0.111. The third kappa shape index (κ3) is 3.00. The lowest BCUT2D eigenvalue weighted by molar-refractivity contribution is 0.150. The van der Waals surface area contributed by atoms with Gasteiger partial charge < -0.3 is 14.9 Å². The molecular formula is C15H17NO4. The lowest BCUT2D eigenvalue weighted by Crippen LogP contribution is -2.32. The average molecular weight is 275 g/mol. The molecule has 0 fully saturated rings. The SMILES string of the molecule is CCOCCN(C(=O)O)c1cccc2ccc(O)cc12. The summed E-state index contributed by atoms with van der Waals surface area (Å²) in [7, 11) is 0. The number of fused-ring (bicyclic) bond motifs is 1. The Morgan fingerprint density at radius 1 is 1.30 bits per heavy atom. The second-order valence-electron chi connectivity index (χ2n) is 4.31. The van der Waals surface area contributed by atoms with E-state index in [9.17, 15) is 15.0 Å². The molecule has 0 unspecified atom stereocenters. The van der Waals surface area contributed by atoms with Gasteiger partial charge in [-0.3, -0.25) is 4.90 Å². The number of hydrogen-bond donors (Lipinski definition) is 2. The average Bonchev–Trinajstić information content (AvgIpc) is 2.43.